The normalized spacial score (nSPS) is 10.8. The lowest BCUT2D eigenvalue weighted by molar-refractivity contribution is 0.0551. The lowest BCUT2D eigenvalue weighted by atomic mass is 10.2. The van der Waals surface area contributed by atoms with Crippen molar-refractivity contribution in [2.75, 3.05) is 13.2 Å². The molecule has 1 rings (SSSR count). The van der Waals surface area contributed by atoms with Crippen LogP contribution in [0.2, 0.25) is 5.02 Å². The predicted octanol–water partition coefficient (Wildman–Crippen LogP) is 2.60. The Balaban J connectivity index is 2.52. The van der Waals surface area contributed by atoms with Gasteiger partial charge in [-0.15, -0.1) is 0 Å². The topological polar surface area (TPSA) is 44.5 Å². The van der Waals surface area contributed by atoms with Crippen molar-refractivity contribution in [1.29, 1.82) is 0 Å². The van der Waals surface area contributed by atoms with Gasteiger partial charge >= 0.3 is 0 Å². The van der Waals surface area contributed by atoms with Crippen LogP contribution < -0.4 is 10.5 Å². The van der Waals surface area contributed by atoms with Crippen molar-refractivity contribution >= 4 is 11.6 Å². The minimum absolute atomic E-state index is 0.212. The van der Waals surface area contributed by atoms with Crippen LogP contribution in [0.3, 0.4) is 0 Å². The molecule has 2 N–H and O–H groups in total. The molecule has 0 aliphatic carbocycles. The third kappa shape index (κ3) is 4.00. The largest absolute Gasteiger partial charge is 0.489 e. The number of benzene rings is 1. The van der Waals surface area contributed by atoms with Gasteiger partial charge in [-0.1, -0.05) is 23.7 Å². The van der Waals surface area contributed by atoms with Crippen LogP contribution in [0.15, 0.2) is 18.2 Å². The molecular formula is C12H18ClNO2. The van der Waals surface area contributed by atoms with Crippen LogP contribution in [0, 0.1) is 0 Å². The molecule has 0 heterocycles. The van der Waals surface area contributed by atoms with E-state index in [1.807, 2.05) is 26.0 Å². The zero-order valence-electron chi connectivity index (χ0n) is 9.70. The van der Waals surface area contributed by atoms with Crippen LogP contribution in [-0.2, 0) is 11.3 Å². The van der Waals surface area contributed by atoms with E-state index in [0.717, 1.165) is 5.56 Å². The van der Waals surface area contributed by atoms with Crippen molar-refractivity contribution < 1.29 is 9.47 Å². The molecule has 0 atom stereocenters. The number of rotatable bonds is 6. The summed E-state index contributed by atoms with van der Waals surface area (Å²) in [6.07, 6.45) is 0.212. The highest BCUT2D eigenvalue weighted by Crippen LogP contribution is 2.28. The van der Waals surface area contributed by atoms with E-state index in [0.29, 0.717) is 30.5 Å². The summed E-state index contributed by atoms with van der Waals surface area (Å²) in [4.78, 5) is 0. The van der Waals surface area contributed by atoms with Crippen LogP contribution in [0.4, 0.5) is 0 Å². The van der Waals surface area contributed by atoms with Crippen molar-refractivity contribution in [3.05, 3.63) is 28.8 Å². The molecular weight excluding hydrogens is 226 g/mol. The van der Waals surface area contributed by atoms with Crippen molar-refractivity contribution in [1.82, 2.24) is 0 Å². The fourth-order valence-electron chi connectivity index (χ4n) is 1.30. The van der Waals surface area contributed by atoms with E-state index in [1.54, 1.807) is 6.07 Å². The van der Waals surface area contributed by atoms with E-state index in [4.69, 9.17) is 26.8 Å². The smallest absolute Gasteiger partial charge is 0.142 e. The lowest BCUT2D eigenvalue weighted by Gasteiger charge is -2.13. The monoisotopic (exact) mass is 243 g/mol. The predicted molar refractivity (Wildman–Crippen MR) is 65.9 cm³/mol. The molecule has 90 valence electrons. The number of para-hydroxylation sites is 1. The Morgan fingerprint density at radius 2 is 2.06 bits per heavy atom. The minimum Gasteiger partial charge on any atom is -0.489 e. The summed E-state index contributed by atoms with van der Waals surface area (Å²) < 4.78 is 10.9. The maximum atomic E-state index is 6.03. The number of hydrogen-bond acceptors (Lipinski definition) is 3. The standard InChI is InChI=1S/C12H18ClNO2/c1-9(2)15-6-7-16-12-10(8-14)4-3-5-11(12)13/h3-5,9H,6-8,14H2,1-2H3. The summed E-state index contributed by atoms with van der Waals surface area (Å²) in [5.74, 6) is 0.666. The average molecular weight is 244 g/mol. The summed E-state index contributed by atoms with van der Waals surface area (Å²) in [5.41, 5.74) is 6.52. The molecule has 0 unspecified atom stereocenters. The molecule has 3 nitrogen and oxygen atoms in total. The summed E-state index contributed by atoms with van der Waals surface area (Å²) in [5, 5.41) is 0.590. The Morgan fingerprint density at radius 3 is 2.69 bits per heavy atom. The van der Waals surface area contributed by atoms with Crippen LogP contribution in [-0.4, -0.2) is 19.3 Å². The van der Waals surface area contributed by atoms with Gasteiger partial charge in [0.2, 0.25) is 0 Å². The van der Waals surface area contributed by atoms with Gasteiger partial charge in [0, 0.05) is 12.1 Å². The van der Waals surface area contributed by atoms with Crippen molar-refractivity contribution in [3.63, 3.8) is 0 Å². The first-order valence-electron chi connectivity index (χ1n) is 5.37. The zero-order chi connectivity index (χ0) is 12.0. The molecule has 1 aromatic rings. The summed E-state index contributed by atoms with van der Waals surface area (Å²) in [7, 11) is 0. The van der Waals surface area contributed by atoms with E-state index in [1.165, 1.54) is 0 Å². The van der Waals surface area contributed by atoms with Crippen molar-refractivity contribution in [3.8, 4) is 5.75 Å². The molecule has 0 radical (unpaired) electrons. The summed E-state index contributed by atoms with van der Waals surface area (Å²) in [6.45, 7) is 5.42. The Kier molecular flexibility index (Phi) is 5.60. The molecule has 0 aliphatic rings. The SMILES string of the molecule is CC(C)OCCOc1c(Cl)cccc1CN. The highest BCUT2D eigenvalue weighted by molar-refractivity contribution is 6.32. The first-order valence-corrected chi connectivity index (χ1v) is 5.74. The molecule has 0 amide bonds. The van der Waals surface area contributed by atoms with E-state index in [9.17, 15) is 0 Å². The quantitative estimate of drug-likeness (QED) is 0.782. The molecule has 0 saturated heterocycles. The average Bonchev–Trinajstić information content (AvgIpc) is 2.25. The molecule has 0 saturated carbocycles. The van der Waals surface area contributed by atoms with Crippen molar-refractivity contribution in [2.24, 2.45) is 5.73 Å². The van der Waals surface area contributed by atoms with E-state index in [2.05, 4.69) is 0 Å². The third-order valence-corrected chi connectivity index (χ3v) is 2.35. The lowest BCUT2D eigenvalue weighted by Crippen LogP contribution is -2.12. The maximum absolute atomic E-state index is 6.03. The maximum Gasteiger partial charge on any atom is 0.142 e. The van der Waals surface area contributed by atoms with Gasteiger partial charge in [0.05, 0.1) is 17.7 Å². The van der Waals surface area contributed by atoms with E-state index in [-0.39, 0.29) is 6.10 Å². The number of hydrogen-bond donors (Lipinski definition) is 1. The molecule has 0 aliphatic heterocycles. The van der Waals surface area contributed by atoms with Crippen LogP contribution in [0.25, 0.3) is 0 Å². The Labute approximate surface area is 101 Å². The van der Waals surface area contributed by atoms with Crippen molar-refractivity contribution in [2.45, 2.75) is 26.5 Å². The highest BCUT2D eigenvalue weighted by atomic mass is 35.5. The van der Waals surface area contributed by atoms with Crippen LogP contribution in [0.5, 0.6) is 5.75 Å². The minimum atomic E-state index is 0.212. The third-order valence-electron chi connectivity index (χ3n) is 2.05. The number of ether oxygens (including phenoxy) is 2. The number of nitrogens with two attached hydrogens (primary N) is 1. The Hall–Kier alpha value is -0.770. The molecule has 4 heteroatoms. The molecule has 1 aromatic carbocycles. The van der Waals surface area contributed by atoms with Gasteiger partial charge in [0.25, 0.3) is 0 Å². The Morgan fingerprint density at radius 1 is 1.31 bits per heavy atom. The second kappa shape index (κ2) is 6.74. The first kappa shape index (κ1) is 13.3. The second-order valence-corrected chi connectivity index (χ2v) is 4.11. The highest BCUT2D eigenvalue weighted by Gasteiger charge is 2.06. The van der Waals surface area contributed by atoms with Gasteiger partial charge in [0.1, 0.15) is 12.4 Å². The molecule has 0 spiro atoms. The van der Waals surface area contributed by atoms with E-state index < -0.39 is 0 Å². The zero-order valence-corrected chi connectivity index (χ0v) is 10.5. The van der Waals surface area contributed by atoms with E-state index >= 15 is 0 Å². The fraction of sp³-hybridized carbons (Fsp3) is 0.500. The van der Waals surface area contributed by atoms with Crippen LogP contribution in [0.1, 0.15) is 19.4 Å². The van der Waals surface area contributed by atoms with Gasteiger partial charge in [-0.2, -0.15) is 0 Å². The van der Waals surface area contributed by atoms with Gasteiger partial charge in [-0.3, -0.25) is 0 Å². The molecule has 0 fully saturated rings. The van der Waals surface area contributed by atoms with Crippen LogP contribution >= 0.6 is 11.6 Å². The first-order chi connectivity index (χ1) is 7.65. The van der Waals surface area contributed by atoms with Gasteiger partial charge in [-0.05, 0) is 19.9 Å². The van der Waals surface area contributed by atoms with Gasteiger partial charge in [-0.25, -0.2) is 0 Å². The Bertz CT molecular complexity index is 329. The summed E-state index contributed by atoms with van der Waals surface area (Å²) >= 11 is 6.03. The second-order valence-electron chi connectivity index (χ2n) is 3.70. The molecule has 0 aromatic heterocycles. The van der Waals surface area contributed by atoms with Gasteiger partial charge in [0.15, 0.2) is 0 Å². The number of halogens is 1. The summed E-state index contributed by atoms with van der Waals surface area (Å²) in [6, 6.07) is 5.56. The van der Waals surface area contributed by atoms with Gasteiger partial charge < -0.3 is 15.2 Å². The molecule has 16 heavy (non-hydrogen) atoms. The molecule has 0 bridgehead atoms. The fourth-order valence-corrected chi connectivity index (χ4v) is 1.55.